The van der Waals surface area contributed by atoms with E-state index in [2.05, 4.69) is 24.8 Å². The van der Waals surface area contributed by atoms with E-state index in [0.29, 0.717) is 11.8 Å². The van der Waals surface area contributed by atoms with Gasteiger partial charge in [0, 0.05) is 13.1 Å². The van der Waals surface area contributed by atoms with E-state index in [0.717, 1.165) is 25.2 Å². The highest BCUT2D eigenvalue weighted by Crippen LogP contribution is 2.29. The van der Waals surface area contributed by atoms with Crippen molar-refractivity contribution in [2.24, 2.45) is 5.41 Å². The van der Waals surface area contributed by atoms with E-state index in [-0.39, 0.29) is 5.97 Å². The summed E-state index contributed by atoms with van der Waals surface area (Å²) in [6, 6.07) is 8.19. The second-order valence-corrected chi connectivity index (χ2v) is 6.50. The highest BCUT2D eigenvalue weighted by atomic mass is 16.5. The number of hydrogen-bond acceptors (Lipinski definition) is 3. The number of benzene rings is 1. The molecule has 3 heteroatoms. The quantitative estimate of drug-likeness (QED) is 0.791. The van der Waals surface area contributed by atoms with Gasteiger partial charge in [0.25, 0.3) is 0 Å². The van der Waals surface area contributed by atoms with Crippen molar-refractivity contribution in [1.29, 1.82) is 0 Å². The zero-order chi connectivity index (χ0) is 14.6. The van der Waals surface area contributed by atoms with Crippen molar-refractivity contribution in [3.05, 3.63) is 35.4 Å². The lowest BCUT2D eigenvalue weighted by atomic mass is 9.84. The van der Waals surface area contributed by atoms with Crippen LogP contribution in [-0.4, -0.2) is 31.1 Å². The van der Waals surface area contributed by atoms with Crippen LogP contribution < -0.4 is 0 Å². The Morgan fingerprint density at radius 3 is 2.65 bits per heavy atom. The fourth-order valence-electron chi connectivity index (χ4n) is 3.03. The molecule has 0 atom stereocenters. The number of ether oxygens (including phenoxy) is 1. The van der Waals surface area contributed by atoms with Gasteiger partial charge >= 0.3 is 5.97 Å². The Kier molecular flexibility index (Phi) is 4.81. The number of likely N-dealkylation sites (tertiary alicyclic amines) is 1. The molecule has 1 aliphatic rings. The fourth-order valence-corrected chi connectivity index (χ4v) is 3.03. The molecular weight excluding hydrogens is 250 g/mol. The first-order chi connectivity index (χ1) is 9.50. The first kappa shape index (κ1) is 15.0. The van der Waals surface area contributed by atoms with Gasteiger partial charge in [0.2, 0.25) is 0 Å². The average Bonchev–Trinajstić information content (AvgIpc) is 2.39. The molecule has 0 aromatic heterocycles. The van der Waals surface area contributed by atoms with Gasteiger partial charge in [-0.3, -0.25) is 9.69 Å². The predicted molar refractivity (Wildman–Crippen MR) is 80.5 cm³/mol. The van der Waals surface area contributed by atoms with Crippen LogP contribution in [0, 0.1) is 5.41 Å². The second-order valence-electron chi connectivity index (χ2n) is 6.50. The number of carbonyl (C=O) groups excluding carboxylic acids is 1. The molecule has 1 heterocycles. The maximum atomic E-state index is 11.5. The van der Waals surface area contributed by atoms with Gasteiger partial charge in [-0.2, -0.15) is 0 Å². The summed E-state index contributed by atoms with van der Waals surface area (Å²) in [7, 11) is 1.44. The number of methoxy groups -OCH3 is 1. The van der Waals surface area contributed by atoms with Crippen LogP contribution in [-0.2, 0) is 22.5 Å². The number of rotatable bonds is 4. The molecule has 0 spiro atoms. The summed E-state index contributed by atoms with van der Waals surface area (Å²) in [5.74, 6) is -0.170. The first-order valence-electron chi connectivity index (χ1n) is 7.36. The number of carbonyl (C=O) groups is 1. The van der Waals surface area contributed by atoms with E-state index in [4.69, 9.17) is 4.74 Å². The molecule has 110 valence electrons. The SMILES string of the molecule is COC(=O)Cc1ccccc1CN1CCCC(C)(C)C1. The summed E-state index contributed by atoms with van der Waals surface area (Å²) in [6.07, 6.45) is 2.92. The molecule has 0 aliphatic carbocycles. The minimum atomic E-state index is -0.170. The average molecular weight is 275 g/mol. The summed E-state index contributed by atoms with van der Waals surface area (Å²) in [5, 5.41) is 0. The second kappa shape index (κ2) is 6.40. The van der Waals surface area contributed by atoms with Gasteiger partial charge in [0.1, 0.15) is 0 Å². The summed E-state index contributed by atoms with van der Waals surface area (Å²) < 4.78 is 4.78. The lowest BCUT2D eigenvalue weighted by Gasteiger charge is -2.38. The zero-order valence-corrected chi connectivity index (χ0v) is 12.8. The number of piperidine rings is 1. The zero-order valence-electron chi connectivity index (χ0n) is 12.8. The van der Waals surface area contributed by atoms with Crippen molar-refractivity contribution in [2.75, 3.05) is 20.2 Å². The van der Waals surface area contributed by atoms with Crippen LogP contribution in [0.1, 0.15) is 37.8 Å². The minimum absolute atomic E-state index is 0.170. The Labute approximate surface area is 121 Å². The molecule has 0 saturated carbocycles. The Morgan fingerprint density at radius 2 is 2.00 bits per heavy atom. The molecule has 2 rings (SSSR count). The molecule has 20 heavy (non-hydrogen) atoms. The highest BCUT2D eigenvalue weighted by Gasteiger charge is 2.26. The molecule has 0 N–H and O–H groups in total. The van der Waals surface area contributed by atoms with Gasteiger partial charge in [-0.25, -0.2) is 0 Å². The van der Waals surface area contributed by atoms with Crippen LogP contribution in [0.5, 0.6) is 0 Å². The molecule has 0 unspecified atom stereocenters. The Morgan fingerprint density at radius 1 is 1.30 bits per heavy atom. The molecule has 1 aromatic rings. The number of nitrogens with zero attached hydrogens (tertiary/aromatic N) is 1. The van der Waals surface area contributed by atoms with E-state index in [1.165, 1.54) is 25.5 Å². The van der Waals surface area contributed by atoms with Crippen molar-refractivity contribution in [3.8, 4) is 0 Å². The molecule has 1 aliphatic heterocycles. The topological polar surface area (TPSA) is 29.5 Å². The van der Waals surface area contributed by atoms with Crippen LogP contribution >= 0.6 is 0 Å². The lowest BCUT2D eigenvalue weighted by Crippen LogP contribution is -2.39. The normalized spacial score (nSPS) is 18.8. The van der Waals surface area contributed by atoms with Crippen LogP contribution in [0.3, 0.4) is 0 Å². The summed E-state index contributed by atoms with van der Waals surface area (Å²) >= 11 is 0. The van der Waals surface area contributed by atoms with Crippen molar-refractivity contribution in [2.45, 2.75) is 39.7 Å². The van der Waals surface area contributed by atoms with E-state index in [1.54, 1.807) is 0 Å². The van der Waals surface area contributed by atoms with Crippen molar-refractivity contribution in [1.82, 2.24) is 4.90 Å². The summed E-state index contributed by atoms with van der Waals surface area (Å²) in [6.45, 7) is 7.87. The smallest absolute Gasteiger partial charge is 0.309 e. The standard InChI is InChI=1S/C17H25NO2/c1-17(2)9-6-10-18(13-17)12-15-8-5-4-7-14(15)11-16(19)20-3/h4-5,7-8H,6,9-13H2,1-3H3. The van der Waals surface area contributed by atoms with Gasteiger partial charge in [0.15, 0.2) is 0 Å². The summed E-state index contributed by atoms with van der Waals surface area (Å²) in [4.78, 5) is 14.0. The molecule has 0 amide bonds. The maximum Gasteiger partial charge on any atom is 0.309 e. The van der Waals surface area contributed by atoms with Gasteiger partial charge < -0.3 is 4.74 Å². The van der Waals surface area contributed by atoms with Crippen molar-refractivity contribution in [3.63, 3.8) is 0 Å². The van der Waals surface area contributed by atoms with Crippen molar-refractivity contribution < 1.29 is 9.53 Å². The molecule has 1 saturated heterocycles. The monoisotopic (exact) mass is 275 g/mol. The number of hydrogen-bond donors (Lipinski definition) is 0. The molecule has 0 radical (unpaired) electrons. The van der Waals surface area contributed by atoms with E-state index < -0.39 is 0 Å². The fraction of sp³-hybridized carbons (Fsp3) is 0.588. The Bertz CT molecular complexity index is 468. The van der Waals surface area contributed by atoms with E-state index in [9.17, 15) is 4.79 Å². The minimum Gasteiger partial charge on any atom is -0.469 e. The van der Waals surface area contributed by atoms with Crippen LogP contribution in [0.25, 0.3) is 0 Å². The third-order valence-electron chi connectivity index (χ3n) is 4.05. The van der Waals surface area contributed by atoms with Gasteiger partial charge in [-0.15, -0.1) is 0 Å². The van der Waals surface area contributed by atoms with Gasteiger partial charge in [-0.1, -0.05) is 38.1 Å². The first-order valence-corrected chi connectivity index (χ1v) is 7.36. The largest absolute Gasteiger partial charge is 0.469 e. The maximum absolute atomic E-state index is 11.5. The van der Waals surface area contributed by atoms with Crippen LogP contribution in [0.2, 0.25) is 0 Å². The van der Waals surface area contributed by atoms with Gasteiger partial charge in [0.05, 0.1) is 13.5 Å². The third kappa shape index (κ3) is 4.07. The molecular formula is C17H25NO2. The Hall–Kier alpha value is -1.35. The molecule has 3 nitrogen and oxygen atoms in total. The molecule has 0 bridgehead atoms. The molecule has 1 fully saturated rings. The lowest BCUT2D eigenvalue weighted by molar-refractivity contribution is -0.139. The van der Waals surface area contributed by atoms with E-state index in [1.807, 2.05) is 18.2 Å². The van der Waals surface area contributed by atoms with Crippen LogP contribution in [0.15, 0.2) is 24.3 Å². The predicted octanol–water partition coefficient (Wildman–Crippen LogP) is 3.02. The third-order valence-corrected chi connectivity index (χ3v) is 4.05. The highest BCUT2D eigenvalue weighted by molar-refractivity contribution is 5.72. The van der Waals surface area contributed by atoms with Gasteiger partial charge in [-0.05, 0) is 35.9 Å². The van der Waals surface area contributed by atoms with Crippen molar-refractivity contribution >= 4 is 5.97 Å². The molecule has 1 aromatic carbocycles. The van der Waals surface area contributed by atoms with E-state index >= 15 is 0 Å². The van der Waals surface area contributed by atoms with Crippen LogP contribution in [0.4, 0.5) is 0 Å². The Balaban J connectivity index is 2.07. The summed E-state index contributed by atoms with van der Waals surface area (Å²) in [5.41, 5.74) is 2.73. The number of esters is 1.